The Morgan fingerprint density at radius 2 is 1.49 bits per heavy atom. The Balaban J connectivity index is 1.64. The van der Waals surface area contributed by atoms with Gasteiger partial charge in [-0.1, -0.05) is 99.6 Å². The molecular weight excluding hydrogens is 727 g/mol. The molecule has 3 amide bonds. The Morgan fingerprint density at radius 3 is 2.05 bits per heavy atom. The minimum absolute atomic E-state index is 0.00584. The lowest BCUT2D eigenvalue weighted by molar-refractivity contribution is -0.794. The summed E-state index contributed by atoms with van der Waals surface area (Å²) < 4.78 is 37.7. The fourth-order valence-electron chi connectivity index (χ4n) is 6.20. The van der Waals surface area contributed by atoms with E-state index in [1.54, 1.807) is 76.2 Å². The van der Waals surface area contributed by atoms with E-state index in [9.17, 15) is 29.1 Å². The molecule has 2 N–H and O–H groups in total. The Kier molecular flexibility index (Phi) is 15.5. The van der Waals surface area contributed by atoms with Crippen molar-refractivity contribution in [3.63, 3.8) is 0 Å². The van der Waals surface area contributed by atoms with Gasteiger partial charge < -0.3 is 19.9 Å². The van der Waals surface area contributed by atoms with Crippen LogP contribution < -0.4 is 5.32 Å². The van der Waals surface area contributed by atoms with E-state index < -0.39 is 71.9 Å². The zero-order valence-corrected chi connectivity index (χ0v) is 32.8. The summed E-state index contributed by atoms with van der Waals surface area (Å²) in [5.74, 6) is -3.75. The molecule has 55 heavy (non-hydrogen) atoms. The van der Waals surface area contributed by atoms with E-state index in [2.05, 4.69) is 5.32 Å². The summed E-state index contributed by atoms with van der Waals surface area (Å²) >= 11 is 0. The predicted octanol–water partition coefficient (Wildman–Crippen LogP) is 7.92. The summed E-state index contributed by atoms with van der Waals surface area (Å²) in [5.41, 5.74) is 0.660. The molecule has 0 radical (unpaired) electrons. The zero-order valence-electron chi connectivity index (χ0n) is 31.9. The van der Waals surface area contributed by atoms with Crippen LogP contribution in [0.2, 0.25) is 0 Å². The van der Waals surface area contributed by atoms with Crippen molar-refractivity contribution in [1.82, 2.24) is 5.32 Å². The lowest BCUT2D eigenvalue weighted by Gasteiger charge is -2.35. The maximum absolute atomic E-state index is 15.3. The SMILES string of the molecule is C[C@@H]1CCC[N+]1(C(=O)O)C(=O)C(CCCCNC(=O)OCc1ccccc1)OP(=O)(OCC(=O)C(C)(C)C)[C@@H](Cc1ccccc1)OC(=O)c1ccccc1. The number of esters is 1. The molecule has 1 fully saturated rings. The van der Waals surface area contributed by atoms with Crippen molar-refractivity contribution >= 4 is 37.4 Å². The fraction of sp³-hybridized carbons (Fsp3) is 0.439. The summed E-state index contributed by atoms with van der Waals surface area (Å²) in [7, 11) is -4.81. The first-order chi connectivity index (χ1) is 26.2. The van der Waals surface area contributed by atoms with E-state index in [1.807, 2.05) is 30.3 Å². The normalized spacial score (nSPS) is 19.0. The maximum atomic E-state index is 15.3. The average molecular weight is 780 g/mol. The molecule has 296 valence electrons. The molecule has 3 aromatic rings. The second kappa shape index (κ2) is 19.8. The van der Waals surface area contributed by atoms with Gasteiger partial charge in [0.1, 0.15) is 19.3 Å². The van der Waals surface area contributed by atoms with Gasteiger partial charge in [0.15, 0.2) is 11.9 Å². The third-order valence-corrected chi connectivity index (χ3v) is 11.6. The molecule has 0 spiro atoms. The van der Waals surface area contributed by atoms with Gasteiger partial charge in [0, 0.05) is 31.2 Å². The van der Waals surface area contributed by atoms with Gasteiger partial charge in [0.2, 0.25) is 5.85 Å². The Morgan fingerprint density at radius 1 is 0.891 bits per heavy atom. The van der Waals surface area contributed by atoms with Gasteiger partial charge >= 0.3 is 31.7 Å². The Hall–Kier alpha value is -4.68. The van der Waals surface area contributed by atoms with Gasteiger partial charge in [-0.3, -0.25) is 18.4 Å². The van der Waals surface area contributed by atoms with E-state index in [-0.39, 0.29) is 44.5 Å². The number of imide groups is 1. The fourth-order valence-corrected chi connectivity index (χ4v) is 8.07. The van der Waals surface area contributed by atoms with Crippen molar-refractivity contribution in [1.29, 1.82) is 0 Å². The maximum Gasteiger partial charge on any atom is 0.521 e. The molecule has 4 rings (SSSR count). The number of carboxylic acid groups (broad SMARTS) is 1. The number of rotatable bonds is 18. The number of amides is 3. The minimum Gasteiger partial charge on any atom is -0.445 e. The predicted molar refractivity (Wildman–Crippen MR) is 204 cm³/mol. The molecule has 14 heteroatoms. The first-order valence-corrected chi connectivity index (χ1v) is 20.1. The first-order valence-electron chi connectivity index (χ1n) is 18.5. The molecular formula is C41H52N2O11P+. The molecule has 0 aliphatic carbocycles. The molecule has 13 nitrogen and oxygen atoms in total. The van der Waals surface area contributed by atoms with Crippen LogP contribution in [0.15, 0.2) is 91.0 Å². The molecule has 0 aromatic heterocycles. The van der Waals surface area contributed by atoms with Crippen molar-refractivity contribution in [2.75, 3.05) is 19.7 Å². The number of carbonyl (C=O) groups is 5. The summed E-state index contributed by atoms with van der Waals surface area (Å²) in [6, 6.07) is 25.3. The highest BCUT2D eigenvalue weighted by Gasteiger charge is 2.57. The van der Waals surface area contributed by atoms with Crippen LogP contribution in [0, 0.1) is 5.41 Å². The number of quaternary nitrogens is 1. The topological polar surface area (TPSA) is 172 Å². The monoisotopic (exact) mass is 779 g/mol. The number of hydrogen-bond acceptors (Lipinski definition) is 10. The van der Waals surface area contributed by atoms with Crippen LogP contribution in [0.3, 0.4) is 0 Å². The minimum atomic E-state index is -4.81. The third kappa shape index (κ3) is 11.9. The van der Waals surface area contributed by atoms with Crippen LogP contribution in [-0.4, -0.2) is 77.1 Å². The zero-order chi connectivity index (χ0) is 40.1. The molecule has 0 bridgehead atoms. The second-order valence-corrected chi connectivity index (χ2v) is 16.8. The van der Waals surface area contributed by atoms with Crippen molar-refractivity contribution in [2.45, 2.75) is 90.8 Å². The molecule has 1 heterocycles. The van der Waals surface area contributed by atoms with E-state index >= 15 is 4.57 Å². The highest BCUT2D eigenvalue weighted by atomic mass is 31.2. The molecule has 3 unspecified atom stereocenters. The van der Waals surface area contributed by atoms with Gasteiger partial charge in [-0.2, -0.15) is 9.28 Å². The van der Waals surface area contributed by atoms with E-state index in [4.69, 9.17) is 18.5 Å². The second-order valence-electron chi connectivity index (χ2n) is 14.7. The number of nitrogens with zero attached hydrogens (tertiary/aromatic N) is 1. The third-order valence-electron chi connectivity index (χ3n) is 9.62. The number of carbonyl (C=O) groups excluding carboxylic acids is 4. The highest BCUT2D eigenvalue weighted by Crippen LogP contribution is 2.57. The molecule has 3 aromatic carbocycles. The van der Waals surface area contributed by atoms with Gasteiger partial charge in [-0.05, 0) is 49.4 Å². The summed E-state index contributed by atoms with van der Waals surface area (Å²) in [6.07, 6.45) is -2.47. The molecule has 1 aliphatic heterocycles. The number of benzene rings is 3. The quantitative estimate of drug-likeness (QED) is 0.0556. The lowest BCUT2D eigenvalue weighted by Crippen LogP contribution is -2.62. The molecule has 0 saturated carbocycles. The van der Waals surface area contributed by atoms with Crippen molar-refractivity contribution in [3.05, 3.63) is 108 Å². The number of unbranched alkanes of at least 4 members (excludes halogenated alkanes) is 1. The van der Waals surface area contributed by atoms with Crippen molar-refractivity contribution in [3.8, 4) is 0 Å². The average Bonchev–Trinajstić information content (AvgIpc) is 3.57. The number of ketones is 1. The molecule has 1 saturated heterocycles. The lowest BCUT2D eigenvalue weighted by atomic mass is 9.91. The van der Waals surface area contributed by atoms with E-state index in [0.29, 0.717) is 24.8 Å². The summed E-state index contributed by atoms with van der Waals surface area (Å²) in [4.78, 5) is 66.5. The summed E-state index contributed by atoms with van der Waals surface area (Å²) in [6.45, 7) is 6.19. The highest BCUT2D eigenvalue weighted by molar-refractivity contribution is 7.54. The Bertz CT molecular complexity index is 1800. The standard InChI is InChI=1S/C41H51N2O11P/c1-30-17-16-26-43(30,40(48)49)37(45)34(24-14-15-25-42-39(47)51-28-32-20-10-6-11-21-32)54-55(50,52-29-35(44)41(2,3)4)36(27-31-18-8-5-9-19-31)53-38(46)33-22-12-7-13-23-33/h5-13,18-23,30,34,36H,14-17,24-29H2,1-4H3,(H-,42,47,48,49)/p+1/t30-,34?,36+,43?,55?/m1/s1. The van der Waals surface area contributed by atoms with E-state index in [0.717, 1.165) is 5.56 Å². The van der Waals surface area contributed by atoms with Crippen molar-refractivity contribution < 1.29 is 56.6 Å². The molecule has 1 aliphatic rings. The number of hydrogen-bond donors (Lipinski definition) is 2. The number of likely N-dealkylation sites (tertiary alicyclic amines) is 1. The number of Topliss-reactive ketones (excluding diaryl/α,β-unsaturated/α-hetero) is 1. The van der Waals surface area contributed by atoms with Crippen LogP contribution >= 0.6 is 7.60 Å². The molecule has 5 atom stereocenters. The number of ether oxygens (including phenoxy) is 2. The smallest absolute Gasteiger partial charge is 0.445 e. The van der Waals surface area contributed by atoms with Gasteiger partial charge in [-0.15, -0.1) is 0 Å². The van der Waals surface area contributed by atoms with Crippen LogP contribution in [0.4, 0.5) is 9.59 Å². The largest absolute Gasteiger partial charge is 0.521 e. The Labute approximate surface area is 322 Å². The van der Waals surface area contributed by atoms with Crippen LogP contribution in [0.25, 0.3) is 0 Å². The number of alkyl carbamates (subject to hydrolysis) is 1. The van der Waals surface area contributed by atoms with Crippen molar-refractivity contribution in [2.24, 2.45) is 5.41 Å². The van der Waals surface area contributed by atoms with Gasteiger partial charge in [0.05, 0.1) is 12.1 Å². The van der Waals surface area contributed by atoms with Crippen LogP contribution in [0.5, 0.6) is 0 Å². The summed E-state index contributed by atoms with van der Waals surface area (Å²) in [5, 5.41) is 13.2. The van der Waals surface area contributed by atoms with Gasteiger partial charge in [-0.25, -0.2) is 14.4 Å². The van der Waals surface area contributed by atoms with Crippen LogP contribution in [0.1, 0.15) is 81.3 Å². The first kappa shape index (κ1) is 43.1. The number of nitrogens with one attached hydrogen (secondary N) is 1. The van der Waals surface area contributed by atoms with Crippen LogP contribution in [-0.2, 0) is 45.7 Å². The van der Waals surface area contributed by atoms with Gasteiger partial charge in [0.25, 0.3) is 0 Å². The van der Waals surface area contributed by atoms with E-state index in [1.165, 1.54) is 12.1 Å².